The predicted octanol–water partition coefficient (Wildman–Crippen LogP) is 1.51. The Morgan fingerprint density at radius 1 is 1.17 bits per heavy atom. The zero-order valence-corrected chi connectivity index (χ0v) is 20.3. The molecule has 0 aromatic heterocycles. The maximum Gasteiger partial charge on any atom is 0.217 e. The van der Waals surface area contributed by atoms with Crippen LogP contribution in [0.1, 0.15) is 63.0 Å². The molecule has 3 aliphatic carbocycles. The third-order valence-corrected chi connectivity index (χ3v) is 9.14. The summed E-state index contributed by atoms with van der Waals surface area (Å²) >= 11 is 0. The lowest BCUT2D eigenvalue weighted by Gasteiger charge is -2.50. The molecular formula is C26H37NO8. The van der Waals surface area contributed by atoms with Crippen molar-refractivity contribution < 1.29 is 39.7 Å². The molecule has 0 unspecified atom stereocenters. The minimum absolute atomic E-state index is 0.0811. The number of phenols is 1. The highest BCUT2D eigenvalue weighted by atomic mass is 17.2. The normalized spacial score (nSPS) is 42.6. The number of aryl methyl sites for hydroxylation is 1. The SMILES string of the molecule is CC(=O)N[C@H]1[C@H](OO[C@@H]2CC[C@H]3[C@@H]4CCc5cc(O)ccc5[C@H]4CC[C@]23C)O[C@H](CO)[C@@H](O)[C@@H]1O. The highest BCUT2D eigenvalue weighted by Gasteiger charge is 2.56. The molecule has 0 spiro atoms. The van der Waals surface area contributed by atoms with E-state index in [1.807, 2.05) is 6.07 Å². The van der Waals surface area contributed by atoms with Crippen LogP contribution in [0.25, 0.3) is 0 Å². The van der Waals surface area contributed by atoms with E-state index in [0.717, 1.165) is 38.5 Å². The van der Waals surface area contributed by atoms with Crippen LogP contribution in [0, 0.1) is 17.3 Å². The van der Waals surface area contributed by atoms with Gasteiger partial charge in [-0.3, -0.25) is 4.79 Å². The summed E-state index contributed by atoms with van der Waals surface area (Å²) in [6, 6.07) is 4.77. The van der Waals surface area contributed by atoms with E-state index in [4.69, 9.17) is 14.5 Å². The number of carbonyl (C=O) groups is 1. The van der Waals surface area contributed by atoms with Crippen molar-refractivity contribution in [2.24, 2.45) is 17.3 Å². The molecular weight excluding hydrogens is 454 g/mol. The van der Waals surface area contributed by atoms with Gasteiger partial charge in [0.05, 0.1) is 12.7 Å². The van der Waals surface area contributed by atoms with Gasteiger partial charge in [-0.15, -0.1) is 0 Å². The summed E-state index contributed by atoms with van der Waals surface area (Å²) in [5.74, 6) is 1.45. The van der Waals surface area contributed by atoms with Crippen LogP contribution in [-0.4, -0.2) is 69.7 Å². The molecule has 9 heteroatoms. The Hall–Kier alpha value is -1.75. The second kappa shape index (κ2) is 9.61. The Balaban J connectivity index is 1.28. The summed E-state index contributed by atoms with van der Waals surface area (Å²) in [4.78, 5) is 23.4. The average Bonchev–Trinajstić information content (AvgIpc) is 3.17. The van der Waals surface area contributed by atoms with E-state index in [-0.39, 0.29) is 11.5 Å². The van der Waals surface area contributed by atoms with Crippen LogP contribution in [0.4, 0.5) is 0 Å². The summed E-state index contributed by atoms with van der Waals surface area (Å²) in [6.07, 6.45) is 0.821. The third kappa shape index (κ3) is 4.36. The largest absolute Gasteiger partial charge is 0.508 e. The number of hydrogen-bond donors (Lipinski definition) is 5. The van der Waals surface area contributed by atoms with Gasteiger partial charge >= 0.3 is 0 Å². The van der Waals surface area contributed by atoms with Crippen LogP contribution >= 0.6 is 0 Å². The number of aliphatic hydroxyl groups is 3. The minimum Gasteiger partial charge on any atom is -0.508 e. The fourth-order valence-corrected chi connectivity index (χ4v) is 7.35. The third-order valence-electron chi connectivity index (χ3n) is 9.14. The summed E-state index contributed by atoms with van der Waals surface area (Å²) in [5.41, 5.74) is 2.56. The first-order valence-electron chi connectivity index (χ1n) is 12.8. The standard InChI is InChI=1S/C26H37NO8/c1-13(29)27-22-24(32)23(31)20(12-28)33-25(22)35-34-21-8-7-19-18-5-3-14-11-15(30)4-6-16(14)17(18)9-10-26(19,21)2/h4,6,11,17-25,28,30-32H,3,5,7-10,12H2,1-2H3,(H,27,29)/t17-,18-,19+,20-,21-,22-,23-,24-,25+,26+/m1/s1. The number of amides is 1. The summed E-state index contributed by atoms with van der Waals surface area (Å²) in [5, 5.41) is 42.7. The van der Waals surface area contributed by atoms with Crippen LogP contribution in [0.3, 0.4) is 0 Å². The van der Waals surface area contributed by atoms with Crippen molar-refractivity contribution in [3.63, 3.8) is 0 Å². The highest BCUT2D eigenvalue weighted by Crippen LogP contribution is 2.61. The molecule has 1 aromatic carbocycles. The van der Waals surface area contributed by atoms with Gasteiger partial charge in [-0.25, -0.2) is 9.78 Å². The van der Waals surface area contributed by atoms with Gasteiger partial charge < -0.3 is 30.5 Å². The van der Waals surface area contributed by atoms with Gasteiger partial charge in [0.15, 0.2) is 0 Å². The van der Waals surface area contributed by atoms with Crippen molar-refractivity contribution in [2.75, 3.05) is 6.61 Å². The fraction of sp³-hybridized carbons (Fsp3) is 0.731. The molecule has 5 rings (SSSR count). The van der Waals surface area contributed by atoms with Crippen LogP contribution < -0.4 is 5.32 Å². The Bertz CT molecular complexity index is 942. The molecule has 1 aromatic rings. The summed E-state index contributed by atoms with van der Waals surface area (Å²) < 4.78 is 5.65. The van der Waals surface area contributed by atoms with Crippen molar-refractivity contribution in [1.82, 2.24) is 5.32 Å². The van der Waals surface area contributed by atoms with Crippen molar-refractivity contribution in [3.8, 4) is 5.75 Å². The van der Waals surface area contributed by atoms with E-state index in [9.17, 15) is 25.2 Å². The van der Waals surface area contributed by atoms with Gasteiger partial charge in [0.2, 0.25) is 12.2 Å². The first kappa shape index (κ1) is 24.9. The van der Waals surface area contributed by atoms with Gasteiger partial charge in [-0.05, 0) is 79.5 Å². The van der Waals surface area contributed by atoms with Gasteiger partial charge in [0.1, 0.15) is 30.1 Å². The van der Waals surface area contributed by atoms with Gasteiger partial charge in [-0.2, -0.15) is 0 Å². The van der Waals surface area contributed by atoms with E-state index in [2.05, 4.69) is 18.3 Å². The van der Waals surface area contributed by atoms with Crippen LogP contribution in [-0.2, 0) is 25.7 Å². The monoisotopic (exact) mass is 491 g/mol. The molecule has 1 heterocycles. The van der Waals surface area contributed by atoms with Crippen molar-refractivity contribution >= 4 is 5.91 Å². The smallest absolute Gasteiger partial charge is 0.217 e. The lowest BCUT2D eigenvalue weighted by atomic mass is 9.55. The molecule has 1 aliphatic heterocycles. The zero-order chi connectivity index (χ0) is 24.9. The van der Waals surface area contributed by atoms with Gasteiger partial charge in [0, 0.05) is 12.3 Å². The Labute approximate surface area is 205 Å². The van der Waals surface area contributed by atoms with E-state index < -0.39 is 43.2 Å². The zero-order valence-electron chi connectivity index (χ0n) is 20.3. The number of aromatic hydroxyl groups is 1. The molecule has 10 atom stereocenters. The van der Waals surface area contributed by atoms with Crippen LogP contribution in [0.2, 0.25) is 0 Å². The minimum atomic E-state index is -1.37. The van der Waals surface area contributed by atoms with Crippen molar-refractivity contribution in [3.05, 3.63) is 29.3 Å². The fourth-order valence-electron chi connectivity index (χ4n) is 7.35. The number of phenolic OH excluding ortho intramolecular Hbond substituents is 1. The highest BCUT2D eigenvalue weighted by molar-refractivity contribution is 5.73. The van der Waals surface area contributed by atoms with Crippen molar-refractivity contribution in [2.45, 2.75) is 95.0 Å². The van der Waals surface area contributed by atoms with E-state index in [1.165, 1.54) is 18.1 Å². The first-order chi connectivity index (χ1) is 16.7. The topological polar surface area (TPSA) is 138 Å². The average molecular weight is 492 g/mol. The molecule has 9 nitrogen and oxygen atoms in total. The van der Waals surface area contributed by atoms with Crippen LogP contribution in [0.15, 0.2) is 18.2 Å². The number of rotatable bonds is 5. The number of hydrogen-bond acceptors (Lipinski definition) is 8. The summed E-state index contributed by atoms with van der Waals surface area (Å²) in [6.45, 7) is 3.07. The number of aliphatic hydroxyl groups excluding tert-OH is 3. The first-order valence-corrected chi connectivity index (χ1v) is 12.8. The number of nitrogens with one attached hydrogen (secondary N) is 1. The lowest BCUT2D eigenvalue weighted by molar-refractivity contribution is -0.435. The molecule has 35 heavy (non-hydrogen) atoms. The van der Waals surface area contributed by atoms with Gasteiger partial charge in [-0.1, -0.05) is 13.0 Å². The second-order valence-corrected chi connectivity index (χ2v) is 11.0. The Morgan fingerprint density at radius 2 is 1.97 bits per heavy atom. The molecule has 2 saturated carbocycles. The molecule has 1 amide bonds. The maximum absolute atomic E-state index is 11.7. The maximum atomic E-state index is 11.7. The number of carbonyl (C=O) groups excluding carboxylic acids is 1. The summed E-state index contributed by atoms with van der Waals surface area (Å²) in [7, 11) is 0. The van der Waals surface area contributed by atoms with Crippen LogP contribution in [0.5, 0.6) is 5.75 Å². The molecule has 1 saturated heterocycles. The van der Waals surface area contributed by atoms with E-state index in [0.29, 0.717) is 23.5 Å². The number of benzene rings is 1. The second-order valence-electron chi connectivity index (χ2n) is 11.0. The Morgan fingerprint density at radius 3 is 2.71 bits per heavy atom. The number of fused-ring (bicyclic) bond motifs is 5. The Kier molecular flexibility index (Phi) is 6.84. The number of ether oxygens (including phenoxy) is 1. The predicted molar refractivity (Wildman–Crippen MR) is 124 cm³/mol. The molecule has 5 N–H and O–H groups in total. The molecule has 4 aliphatic rings. The molecule has 0 radical (unpaired) electrons. The molecule has 0 bridgehead atoms. The van der Waals surface area contributed by atoms with E-state index in [1.54, 1.807) is 6.07 Å². The van der Waals surface area contributed by atoms with E-state index >= 15 is 0 Å². The molecule has 194 valence electrons. The molecule has 3 fully saturated rings. The van der Waals surface area contributed by atoms with Gasteiger partial charge in [0.25, 0.3) is 0 Å². The van der Waals surface area contributed by atoms with Crippen molar-refractivity contribution in [1.29, 1.82) is 0 Å². The quantitative estimate of drug-likeness (QED) is 0.309. The lowest BCUT2D eigenvalue weighted by Crippen LogP contribution is -2.64.